The Morgan fingerprint density at radius 3 is 2.00 bits per heavy atom. The van der Waals surface area contributed by atoms with Crippen LogP contribution in [-0.2, 0) is 4.79 Å². The predicted molar refractivity (Wildman–Crippen MR) is 36.8 cm³/mol. The highest BCUT2D eigenvalue weighted by Gasteiger charge is 2.50. The van der Waals surface area contributed by atoms with Gasteiger partial charge in [-0.05, 0) is 11.8 Å². The maximum absolute atomic E-state index is 10.2. The van der Waals surface area contributed by atoms with Crippen molar-refractivity contribution in [3.8, 4) is 0 Å². The van der Waals surface area contributed by atoms with E-state index in [0.29, 0.717) is 0 Å². The van der Waals surface area contributed by atoms with Gasteiger partial charge in [0.15, 0.2) is 0 Å². The van der Waals surface area contributed by atoms with Crippen LogP contribution in [0.1, 0.15) is 20.3 Å². The first-order valence-electron chi connectivity index (χ1n) is 2.77. The lowest BCUT2D eigenvalue weighted by Gasteiger charge is -1.94. The van der Waals surface area contributed by atoms with E-state index in [9.17, 15) is 4.79 Å². The Hall–Kier alpha value is -0.240. The average Bonchev–Trinajstić information content (AvgIpc) is 2.13. The molecular weight excluding hydrogens is 140 g/mol. The standard InChI is InChI=1S/C6H10O2.ClH/c1-6(2)3-4(6)5(7)8;/h4H,3H2,1-2H3,(H,7,8);1H/t4-;/m0./s1. The Kier molecular flexibility index (Phi) is 2.12. The van der Waals surface area contributed by atoms with Crippen LogP contribution in [0.3, 0.4) is 0 Å². The number of aliphatic carboxylic acids is 1. The lowest BCUT2D eigenvalue weighted by atomic mass is 10.1. The van der Waals surface area contributed by atoms with Gasteiger partial charge in [0.05, 0.1) is 5.92 Å². The number of hydrogen-bond donors (Lipinski definition) is 1. The number of hydrogen-bond acceptors (Lipinski definition) is 1. The molecule has 1 atom stereocenters. The summed E-state index contributed by atoms with van der Waals surface area (Å²) in [5, 5.41) is 8.39. The molecule has 0 aromatic heterocycles. The molecule has 1 aliphatic carbocycles. The molecule has 0 amide bonds. The van der Waals surface area contributed by atoms with Gasteiger partial charge in [-0.1, -0.05) is 13.8 Å². The summed E-state index contributed by atoms with van der Waals surface area (Å²) in [7, 11) is 0. The zero-order valence-corrected chi connectivity index (χ0v) is 6.36. The molecule has 0 bridgehead atoms. The quantitative estimate of drug-likeness (QED) is 0.616. The first kappa shape index (κ1) is 8.76. The van der Waals surface area contributed by atoms with Gasteiger partial charge in [0.1, 0.15) is 0 Å². The monoisotopic (exact) mass is 150 g/mol. The fraction of sp³-hybridized carbons (Fsp3) is 0.833. The number of halogens is 1. The highest BCUT2D eigenvalue weighted by atomic mass is 35.5. The van der Waals surface area contributed by atoms with Gasteiger partial charge < -0.3 is 5.11 Å². The second-order valence-corrected chi connectivity index (χ2v) is 3.08. The smallest absolute Gasteiger partial charge is 0.307 e. The van der Waals surface area contributed by atoms with Crippen molar-refractivity contribution in [2.75, 3.05) is 0 Å². The third-order valence-electron chi connectivity index (χ3n) is 1.81. The summed E-state index contributed by atoms with van der Waals surface area (Å²) >= 11 is 0. The van der Waals surface area contributed by atoms with Gasteiger partial charge in [-0.25, -0.2) is 0 Å². The lowest BCUT2D eigenvalue weighted by molar-refractivity contribution is -0.139. The molecule has 1 N–H and O–H groups in total. The molecular formula is C6H11ClO2. The molecule has 1 rings (SSSR count). The highest BCUT2D eigenvalue weighted by Crippen LogP contribution is 2.51. The van der Waals surface area contributed by atoms with Crippen LogP contribution >= 0.6 is 12.4 Å². The summed E-state index contributed by atoms with van der Waals surface area (Å²) in [6.07, 6.45) is 0.850. The second-order valence-electron chi connectivity index (χ2n) is 3.08. The summed E-state index contributed by atoms with van der Waals surface area (Å²) in [4.78, 5) is 10.2. The summed E-state index contributed by atoms with van der Waals surface area (Å²) in [5.41, 5.74) is 0.0891. The van der Waals surface area contributed by atoms with E-state index >= 15 is 0 Å². The van der Waals surface area contributed by atoms with Crippen molar-refractivity contribution in [3.63, 3.8) is 0 Å². The largest absolute Gasteiger partial charge is 0.481 e. The fourth-order valence-electron chi connectivity index (χ4n) is 0.889. The Morgan fingerprint density at radius 1 is 1.67 bits per heavy atom. The molecule has 0 aromatic rings. The number of carboxylic acid groups (broad SMARTS) is 1. The zero-order valence-electron chi connectivity index (χ0n) is 5.55. The molecule has 0 radical (unpaired) electrons. The minimum atomic E-state index is -0.644. The Morgan fingerprint density at radius 2 is 2.00 bits per heavy atom. The minimum Gasteiger partial charge on any atom is -0.481 e. The van der Waals surface area contributed by atoms with E-state index in [1.54, 1.807) is 0 Å². The maximum atomic E-state index is 10.2. The van der Waals surface area contributed by atoms with Gasteiger partial charge in [-0.15, -0.1) is 12.4 Å². The molecule has 0 spiro atoms. The molecule has 0 saturated heterocycles. The average molecular weight is 151 g/mol. The van der Waals surface area contributed by atoms with Gasteiger partial charge in [0.25, 0.3) is 0 Å². The van der Waals surface area contributed by atoms with Crippen molar-refractivity contribution >= 4 is 18.4 Å². The topological polar surface area (TPSA) is 37.3 Å². The molecule has 0 unspecified atom stereocenters. The van der Waals surface area contributed by atoms with Crippen molar-refractivity contribution in [1.29, 1.82) is 0 Å². The van der Waals surface area contributed by atoms with Crippen molar-refractivity contribution in [2.24, 2.45) is 11.3 Å². The van der Waals surface area contributed by atoms with E-state index in [4.69, 9.17) is 5.11 Å². The Labute approximate surface area is 60.7 Å². The minimum absolute atomic E-state index is 0. The lowest BCUT2D eigenvalue weighted by Crippen LogP contribution is -2.02. The van der Waals surface area contributed by atoms with Crippen LogP contribution in [0.4, 0.5) is 0 Å². The van der Waals surface area contributed by atoms with E-state index in [1.807, 2.05) is 13.8 Å². The molecule has 1 aliphatic rings. The first-order chi connectivity index (χ1) is 3.54. The molecule has 0 aliphatic heterocycles. The molecule has 9 heavy (non-hydrogen) atoms. The van der Waals surface area contributed by atoms with Crippen LogP contribution < -0.4 is 0 Å². The zero-order chi connectivity index (χ0) is 6.36. The van der Waals surface area contributed by atoms with Crippen LogP contribution in [0.2, 0.25) is 0 Å². The van der Waals surface area contributed by atoms with Crippen molar-refractivity contribution in [1.82, 2.24) is 0 Å². The Balaban J connectivity index is 0.000000640. The second kappa shape index (κ2) is 2.18. The first-order valence-corrected chi connectivity index (χ1v) is 2.77. The number of carboxylic acids is 1. The molecule has 54 valence electrons. The van der Waals surface area contributed by atoms with Crippen LogP contribution in [0.15, 0.2) is 0 Å². The van der Waals surface area contributed by atoms with Gasteiger partial charge in [-0.2, -0.15) is 0 Å². The van der Waals surface area contributed by atoms with Crippen LogP contribution in [0.25, 0.3) is 0 Å². The highest BCUT2D eigenvalue weighted by molar-refractivity contribution is 5.85. The fourth-order valence-corrected chi connectivity index (χ4v) is 0.889. The van der Waals surface area contributed by atoms with Crippen LogP contribution in [0.5, 0.6) is 0 Å². The van der Waals surface area contributed by atoms with Crippen molar-refractivity contribution < 1.29 is 9.90 Å². The molecule has 0 aromatic carbocycles. The Bertz CT molecular complexity index is 131. The third-order valence-corrected chi connectivity index (χ3v) is 1.81. The van der Waals surface area contributed by atoms with Gasteiger partial charge in [0, 0.05) is 0 Å². The van der Waals surface area contributed by atoms with Gasteiger partial charge >= 0.3 is 5.97 Å². The van der Waals surface area contributed by atoms with Gasteiger partial charge in [-0.3, -0.25) is 4.79 Å². The van der Waals surface area contributed by atoms with E-state index in [0.717, 1.165) is 6.42 Å². The molecule has 0 heterocycles. The van der Waals surface area contributed by atoms with Crippen molar-refractivity contribution in [3.05, 3.63) is 0 Å². The van der Waals surface area contributed by atoms with Crippen molar-refractivity contribution in [2.45, 2.75) is 20.3 Å². The van der Waals surface area contributed by atoms with E-state index in [1.165, 1.54) is 0 Å². The van der Waals surface area contributed by atoms with E-state index < -0.39 is 5.97 Å². The molecule has 1 fully saturated rings. The van der Waals surface area contributed by atoms with Gasteiger partial charge in [0.2, 0.25) is 0 Å². The predicted octanol–water partition coefficient (Wildman–Crippen LogP) is 1.54. The number of rotatable bonds is 1. The number of carbonyl (C=O) groups is 1. The van der Waals surface area contributed by atoms with Crippen LogP contribution in [0, 0.1) is 11.3 Å². The summed E-state index contributed by atoms with van der Waals surface area (Å²) in [6.45, 7) is 3.96. The molecule has 2 nitrogen and oxygen atoms in total. The normalized spacial score (nSPS) is 28.4. The van der Waals surface area contributed by atoms with E-state index in [2.05, 4.69) is 0 Å². The molecule has 3 heteroatoms. The summed E-state index contributed by atoms with van der Waals surface area (Å²) in [6, 6.07) is 0. The van der Waals surface area contributed by atoms with E-state index in [-0.39, 0.29) is 23.7 Å². The van der Waals surface area contributed by atoms with Crippen LogP contribution in [-0.4, -0.2) is 11.1 Å². The maximum Gasteiger partial charge on any atom is 0.307 e. The third kappa shape index (κ3) is 1.58. The summed E-state index contributed by atoms with van der Waals surface area (Å²) in [5.74, 6) is -0.711. The summed E-state index contributed by atoms with van der Waals surface area (Å²) < 4.78 is 0. The molecule has 1 saturated carbocycles. The SMILES string of the molecule is CC1(C)C[C@H]1C(=O)O.Cl.